The summed E-state index contributed by atoms with van der Waals surface area (Å²) in [6.45, 7) is 13.7. The SMILES string of the molecule is CCC(C)CCCCCCCCCCCCCCCCC(=O)OC[C@@H](COC(=O)CCCCCCCCCC(C)C)OC(=O)CCCCCCCCCCC(C)C. The monoisotopic (exact) mass is 807 g/mol. The largest absolute Gasteiger partial charge is 0.462 e. The van der Waals surface area contributed by atoms with E-state index >= 15 is 0 Å². The van der Waals surface area contributed by atoms with Gasteiger partial charge in [0.25, 0.3) is 0 Å². The molecule has 0 spiro atoms. The summed E-state index contributed by atoms with van der Waals surface area (Å²) in [7, 11) is 0. The van der Waals surface area contributed by atoms with E-state index in [0.29, 0.717) is 19.3 Å². The van der Waals surface area contributed by atoms with E-state index in [4.69, 9.17) is 14.2 Å². The quantitative estimate of drug-likeness (QED) is 0.0347. The molecular formula is C51H98O6. The van der Waals surface area contributed by atoms with Crippen molar-refractivity contribution in [3.8, 4) is 0 Å². The molecule has 0 saturated carbocycles. The van der Waals surface area contributed by atoms with Gasteiger partial charge in [0, 0.05) is 19.3 Å². The van der Waals surface area contributed by atoms with E-state index in [1.165, 1.54) is 154 Å². The van der Waals surface area contributed by atoms with Crippen LogP contribution in [0, 0.1) is 17.8 Å². The maximum atomic E-state index is 12.7. The predicted octanol–water partition coefficient (Wildman–Crippen LogP) is 16.0. The highest BCUT2D eigenvalue weighted by Gasteiger charge is 2.19. The molecule has 0 N–H and O–H groups in total. The van der Waals surface area contributed by atoms with Crippen LogP contribution < -0.4 is 0 Å². The van der Waals surface area contributed by atoms with Gasteiger partial charge in [0.15, 0.2) is 6.10 Å². The molecule has 0 fully saturated rings. The molecular weight excluding hydrogens is 709 g/mol. The number of carbonyl (C=O) groups excluding carboxylic acids is 3. The fraction of sp³-hybridized carbons (Fsp3) is 0.941. The van der Waals surface area contributed by atoms with Crippen LogP contribution in [0.1, 0.15) is 273 Å². The molecule has 0 heterocycles. The first-order valence-corrected chi connectivity index (χ1v) is 25.1. The van der Waals surface area contributed by atoms with Gasteiger partial charge in [-0.1, -0.05) is 234 Å². The van der Waals surface area contributed by atoms with Crippen LogP contribution in [0.25, 0.3) is 0 Å². The van der Waals surface area contributed by atoms with Gasteiger partial charge in [0.2, 0.25) is 0 Å². The van der Waals surface area contributed by atoms with E-state index < -0.39 is 6.10 Å². The first-order valence-electron chi connectivity index (χ1n) is 25.1. The number of unbranched alkanes of at least 4 members (excludes halogenated alkanes) is 26. The van der Waals surface area contributed by atoms with Crippen molar-refractivity contribution in [3.63, 3.8) is 0 Å². The van der Waals surface area contributed by atoms with Crippen LogP contribution >= 0.6 is 0 Å². The molecule has 0 bridgehead atoms. The van der Waals surface area contributed by atoms with Crippen LogP contribution in [0.4, 0.5) is 0 Å². The Balaban J connectivity index is 4.26. The van der Waals surface area contributed by atoms with Crippen LogP contribution in [0.5, 0.6) is 0 Å². The number of carbonyl (C=O) groups is 3. The van der Waals surface area contributed by atoms with Crippen LogP contribution in [0.2, 0.25) is 0 Å². The normalized spacial score (nSPS) is 12.6. The molecule has 6 heteroatoms. The summed E-state index contributed by atoms with van der Waals surface area (Å²) in [6.07, 6.45) is 41.0. The van der Waals surface area contributed by atoms with Gasteiger partial charge in [-0.3, -0.25) is 14.4 Å². The fourth-order valence-corrected chi connectivity index (χ4v) is 7.55. The minimum atomic E-state index is -0.762. The second-order valence-electron chi connectivity index (χ2n) is 18.6. The molecule has 1 unspecified atom stereocenters. The summed E-state index contributed by atoms with van der Waals surface area (Å²) in [4.78, 5) is 37.8. The zero-order valence-corrected chi connectivity index (χ0v) is 39.1. The third kappa shape index (κ3) is 43.8. The summed E-state index contributed by atoms with van der Waals surface area (Å²) in [5.41, 5.74) is 0. The van der Waals surface area contributed by atoms with E-state index in [9.17, 15) is 14.4 Å². The molecule has 0 aromatic heterocycles. The smallest absolute Gasteiger partial charge is 0.306 e. The summed E-state index contributed by atoms with van der Waals surface area (Å²) < 4.78 is 16.8. The highest BCUT2D eigenvalue weighted by Crippen LogP contribution is 2.18. The molecule has 0 aliphatic rings. The highest BCUT2D eigenvalue weighted by molar-refractivity contribution is 5.71. The summed E-state index contributed by atoms with van der Waals surface area (Å²) in [5.74, 6) is 1.61. The van der Waals surface area contributed by atoms with Crippen LogP contribution in [0.15, 0.2) is 0 Å². The van der Waals surface area contributed by atoms with E-state index in [0.717, 1.165) is 75.5 Å². The van der Waals surface area contributed by atoms with Crippen molar-refractivity contribution in [1.82, 2.24) is 0 Å². The molecule has 0 radical (unpaired) electrons. The average molecular weight is 807 g/mol. The molecule has 57 heavy (non-hydrogen) atoms. The lowest BCUT2D eigenvalue weighted by Gasteiger charge is -2.18. The lowest BCUT2D eigenvalue weighted by atomic mass is 9.99. The molecule has 338 valence electrons. The third-order valence-corrected chi connectivity index (χ3v) is 11.8. The zero-order valence-electron chi connectivity index (χ0n) is 39.1. The number of esters is 3. The summed E-state index contributed by atoms with van der Waals surface area (Å²) in [6, 6.07) is 0. The second kappa shape index (κ2) is 42.5. The van der Waals surface area contributed by atoms with E-state index in [1.54, 1.807) is 0 Å². The van der Waals surface area contributed by atoms with Crippen LogP contribution in [0.3, 0.4) is 0 Å². The Morgan fingerprint density at radius 3 is 0.912 bits per heavy atom. The molecule has 0 aliphatic heterocycles. The van der Waals surface area contributed by atoms with Crippen molar-refractivity contribution in [2.45, 2.75) is 279 Å². The average Bonchev–Trinajstić information content (AvgIpc) is 3.18. The minimum Gasteiger partial charge on any atom is -0.462 e. The first-order chi connectivity index (χ1) is 27.6. The van der Waals surface area contributed by atoms with Gasteiger partial charge in [0.1, 0.15) is 13.2 Å². The molecule has 6 nitrogen and oxygen atoms in total. The molecule has 0 aromatic carbocycles. The topological polar surface area (TPSA) is 78.9 Å². The van der Waals surface area contributed by atoms with Gasteiger partial charge < -0.3 is 14.2 Å². The molecule has 2 atom stereocenters. The Bertz CT molecular complexity index is 885. The van der Waals surface area contributed by atoms with E-state index in [2.05, 4.69) is 41.5 Å². The van der Waals surface area contributed by atoms with Crippen LogP contribution in [-0.4, -0.2) is 37.2 Å². The maximum Gasteiger partial charge on any atom is 0.306 e. The second-order valence-corrected chi connectivity index (χ2v) is 18.6. The molecule has 0 rings (SSSR count). The lowest BCUT2D eigenvalue weighted by molar-refractivity contribution is -0.167. The zero-order chi connectivity index (χ0) is 42.0. The van der Waals surface area contributed by atoms with E-state index in [1.807, 2.05) is 0 Å². The minimum absolute atomic E-state index is 0.0658. The van der Waals surface area contributed by atoms with Gasteiger partial charge >= 0.3 is 17.9 Å². The van der Waals surface area contributed by atoms with Crippen LogP contribution in [-0.2, 0) is 28.6 Å². The maximum absolute atomic E-state index is 12.7. The van der Waals surface area contributed by atoms with Gasteiger partial charge in [-0.05, 0) is 37.0 Å². The third-order valence-electron chi connectivity index (χ3n) is 11.8. The van der Waals surface area contributed by atoms with Gasteiger partial charge in [0.05, 0.1) is 0 Å². The van der Waals surface area contributed by atoms with Gasteiger partial charge in [-0.25, -0.2) is 0 Å². The number of ether oxygens (including phenoxy) is 3. The number of hydrogen-bond acceptors (Lipinski definition) is 6. The Morgan fingerprint density at radius 1 is 0.351 bits per heavy atom. The van der Waals surface area contributed by atoms with Crippen molar-refractivity contribution in [2.24, 2.45) is 17.8 Å². The van der Waals surface area contributed by atoms with Gasteiger partial charge in [-0.2, -0.15) is 0 Å². The lowest BCUT2D eigenvalue weighted by Crippen LogP contribution is -2.30. The standard InChI is InChI=1S/C51H98O6/c1-7-47(6)39-33-27-21-14-12-10-8-9-11-13-15-22-28-34-40-49(52)55-43-48(44-56-50(53)41-35-29-24-18-20-26-32-38-46(4)5)57-51(54)42-36-30-23-17-16-19-25-31-37-45(2)3/h45-48H,7-44H2,1-6H3/t47?,48-/m0/s1. The Hall–Kier alpha value is -1.59. The highest BCUT2D eigenvalue weighted by atomic mass is 16.6. The Kier molecular flexibility index (Phi) is 41.3. The number of hydrogen-bond donors (Lipinski definition) is 0. The molecule has 0 amide bonds. The Labute approximate surface area is 355 Å². The van der Waals surface area contributed by atoms with Gasteiger partial charge in [-0.15, -0.1) is 0 Å². The van der Waals surface area contributed by atoms with E-state index in [-0.39, 0.29) is 31.1 Å². The fourth-order valence-electron chi connectivity index (χ4n) is 7.55. The molecule has 0 aliphatic carbocycles. The van der Waals surface area contributed by atoms with Crippen molar-refractivity contribution >= 4 is 17.9 Å². The molecule has 0 aromatic rings. The summed E-state index contributed by atoms with van der Waals surface area (Å²) >= 11 is 0. The first kappa shape index (κ1) is 55.4. The summed E-state index contributed by atoms with van der Waals surface area (Å²) in [5, 5.41) is 0. The Morgan fingerprint density at radius 2 is 0.614 bits per heavy atom. The number of rotatable bonds is 44. The van der Waals surface area contributed by atoms with Crippen molar-refractivity contribution in [3.05, 3.63) is 0 Å². The molecule has 0 saturated heterocycles. The van der Waals surface area contributed by atoms with Crippen molar-refractivity contribution in [2.75, 3.05) is 13.2 Å². The van der Waals surface area contributed by atoms with Crippen molar-refractivity contribution in [1.29, 1.82) is 0 Å². The van der Waals surface area contributed by atoms with Crippen molar-refractivity contribution < 1.29 is 28.6 Å². The predicted molar refractivity (Wildman–Crippen MR) is 243 cm³/mol.